The molecule has 100 valence electrons. The fourth-order valence-electron chi connectivity index (χ4n) is 5.79. The van der Waals surface area contributed by atoms with Crippen LogP contribution in [0.15, 0.2) is 4.99 Å². The van der Waals surface area contributed by atoms with Crippen LogP contribution in [-0.4, -0.2) is 10.7 Å². The summed E-state index contributed by atoms with van der Waals surface area (Å²) in [6, 6.07) is 0. The monoisotopic (exact) mass is 263 g/mol. The summed E-state index contributed by atoms with van der Waals surface area (Å²) in [5.41, 5.74) is 0.695. The van der Waals surface area contributed by atoms with Crippen LogP contribution < -0.4 is 0 Å². The molecule has 0 unspecified atom stereocenters. The van der Waals surface area contributed by atoms with Crippen molar-refractivity contribution in [3.63, 3.8) is 0 Å². The summed E-state index contributed by atoms with van der Waals surface area (Å²) >= 11 is 4.85. The van der Waals surface area contributed by atoms with Gasteiger partial charge < -0.3 is 0 Å². The van der Waals surface area contributed by atoms with Gasteiger partial charge in [0, 0.05) is 0 Å². The Kier molecular flexibility index (Phi) is 2.78. The van der Waals surface area contributed by atoms with E-state index in [-0.39, 0.29) is 5.54 Å². The number of aliphatic imine (C=N–C) groups is 1. The molecule has 0 aromatic carbocycles. The molecule has 3 aliphatic carbocycles. The minimum atomic E-state index is 0.00359. The number of hydrogen-bond donors (Lipinski definition) is 0. The standard InChI is InChI=1S/C16H25NS/c1-10-7-8-16-11(2)5-6-12(14(16)13(10)16)15(3,4)17-9-18/h10-14H,5-8H2,1-4H3/t10-,11-,12-,13+,14+,16-/m0/s1. The van der Waals surface area contributed by atoms with Crippen LogP contribution in [0, 0.1) is 35.0 Å². The van der Waals surface area contributed by atoms with Crippen LogP contribution >= 0.6 is 12.2 Å². The zero-order valence-electron chi connectivity index (χ0n) is 12.1. The van der Waals surface area contributed by atoms with E-state index in [1.54, 1.807) is 0 Å². The fraction of sp³-hybridized carbons (Fsp3) is 0.938. The van der Waals surface area contributed by atoms with Crippen LogP contribution in [0.5, 0.6) is 0 Å². The molecule has 1 nitrogen and oxygen atoms in total. The molecule has 0 aromatic rings. The zero-order chi connectivity index (χ0) is 13.1. The third-order valence-corrected chi connectivity index (χ3v) is 6.76. The van der Waals surface area contributed by atoms with Gasteiger partial charge in [-0.1, -0.05) is 13.8 Å². The topological polar surface area (TPSA) is 12.4 Å². The molecule has 2 heteroatoms. The van der Waals surface area contributed by atoms with E-state index < -0.39 is 0 Å². The van der Waals surface area contributed by atoms with E-state index in [2.05, 4.69) is 37.8 Å². The van der Waals surface area contributed by atoms with Crippen LogP contribution in [0.4, 0.5) is 0 Å². The van der Waals surface area contributed by atoms with Gasteiger partial charge in [0.05, 0.1) is 10.7 Å². The summed E-state index contributed by atoms with van der Waals surface area (Å²) in [5.74, 6) is 4.51. The summed E-state index contributed by atoms with van der Waals surface area (Å²) in [4.78, 5) is 4.50. The summed E-state index contributed by atoms with van der Waals surface area (Å²) < 4.78 is 0. The summed E-state index contributed by atoms with van der Waals surface area (Å²) in [7, 11) is 0. The van der Waals surface area contributed by atoms with Crippen molar-refractivity contribution in [2.24, 2.45) is 40.0 Å². The van der Waals surface area contributed by atoms with E-state index in [0.717, 1.165) is 29.6 Å². The lowest BCUT2D eigenvalue weighted by molar-refractivity contribution is 0.125. The largest absolute Gasteiger partial charge is 0.226 e. The smallest absolute Gasteiger partial charge is 0.0685 e. The summed E-state index contributed by atoms with van der Waals surface area (Å²) in [5, 5.41) is 2.64. The van der Waals surface area contributed by atoms with E-state index >= 15 is 0 Å². The molecule has 0 saturated heterocycles. The first-order valence-corrected chi connectivity index (χ1v) is 7.95. The Morgan fingerprint density at radius 3 is 2.56 bits per heavy atom. The number of rotatable bonds is 2. The van der Waals surface area contributed by atoms with Crippen molar-refractivity contribution in [2.45, 2.75) is 58.9 Å². The van der Waals surface area contributed by atoms with Crippen molar-refractivity contribution < 1.29 is 0 Å². The molecule has 0 radical (unpaired) electrons. The number of fused-ring (bicyclic) bond motifs is 1. The second kappa shape index (κ2) is 3.90. The van der Waals surface area contributed by atoms with E-state index in [4.69, 9.17) is 12.2 Å². The molecule has 6 atom stereocenters. The lowest BCUT2D eigenvalue weighted by Gasteiger charge is -2.39. The average molecular weight is 263 g/mol. The van der Waals surface area contributed by atoms with Crippen LogP contribution in [0.2, 0.25) is 0 Å². The summed E-state index contributed by atoms with van der Waals surface area (Å²) in [6.45, 7) is 9.49. The number of isothiocyanates is 1. The zero-order valence-corrected chi connectivity index (χ0v) is 12.9. The van der Waals surface area contributed by atoms with E-state index in [1.807, 2.05) is 0 Å². The highest BCUT2D eigenvalue weighted by molar-refractivity contribution is 7.78. The van der Waals surface area contributed by atoms with Gasteiger partial charge in [0.15, 0.2) is 0 Å². The second-order valence-corrected chi connectivity index (χ2v) is 7.80. The molecule has 18 heavy (non-hydrogen) atoms. The lowest BCUT2D eigenvalue weighted by Crippen LogP contribution is -2.37. The highest BCUT2D eigenvalue weighted by Crippen LogP contribution is 2.79. The van der Waals surface area contributed by atoms with Crippen molar-refractivity contribution in [2.75, 3.05) is 0 Å². The quantitative estimate of drug-likeness (QED) is 0.525. The Morgan fingerprint density at radius 1 is 1.17 bits per heavy atom. The maximum atomic E-state index is 4.85. The third-order valence-electron chi connectivity index (χ3n) is 6.67. The molecule has 0 heterocycles. The fourth-order valence-corrected chi connectivity index (χ4v) is 6.03. The number of hydrogen-bond acceptors (Lipinski definition) is 2. The van der Waals surface area contributed by atoms with Gasteiger partial charge in [-0.25, -0.2) is 4.99 Å². The third kappa shape index (κ3) is 1.45. The van der Waals surface area contributed by atoms with Crippen LogP contribution in [0.1, 0.15) is 53.4 Å². The highest BCUT2D eigenvalue weighted by atomic mass is 32.1. The average Bonchev–Trinajstić information content (AvgIpc) is 2.86. The first kappa shape index (κ1) is 12.8. The van der Waals surface area contributed by atoms with Crippen LogP contribution in [0.25, 0.3) is 0 Å². The highest BCUT2D eigenvalue weighted by Gasteiger charge is 2.75. The van der Waals surface area contributed by atoms with Gasteiger partial charge in [0.2, 0.25) is 0 Å². The Balaban J connectivity index is 1.91. The van der Waals surface area contributed by atoms with Crippen molar-refractivity contribution in [3.05, 3.63) is 0 Å². The van der Waals surface area contributed by atoms with Crippen molar-refractivity contribution in [1.29, 1.82) is 0 Å². The van der Waals surface area contributed by atoms with E-state index in [1.165, 1.54) is 25.7 Å². The van der Waals surface area contributed by atoms with Gasteiger partial charge in [-0.15, -0.1) is 0 Å². The minimum Gasteiger partial charge on any atom is -0.226 e. The molecule has 3 aliphatic rings. The maximum absolute atomic E-state index is 4.85. The minimum absolute atomic E-state index is 0.00359. The normalized spacial score (nSPS) is 50.1. The van der Waals surface area contributed by atoms with Gasteiger partial charge in [0.1, 0.15) is 0 Å². The van der Waals surface area contributed by atoms with Crippen molar-refractivity contribution in [3.8, 4) is 0 Å². The lowest BCUT2D eigenvalue weighted by atomic mass is 9.67. The molecule has 3 rings (SSSR count). The number of thiocarbonyl (C=S) groups is 1. The molecule has 0 aromatic heterocycles. The Labute approximate surface area is 116 Å². The summed E-state index contributed by atoms with van der Waals surface area (Å²) in [6.07, 6.45) is 5.65. The van der Waals surface area contributed by atoms with Crippen LogP contribution in [0.3, 0.4) is 0 Å². The molecule has 0 aliphatic heterocycles. The van der Waals surface area contributed by atoms with Crippen LogP contribution in [-0.2, 0) is 0 Å². The van der Waals surface area contributed by atoms with Crippen molar-refractivity contribution in [1.82, 2.24) is 0 Å². The SMILES string of the molecule is C[C@H]1CC[C@]23[C@H]1[C@H]2[C@@H](C(C)(C)N=C=S)CC[C@@H]3C. The Hall–Kier alpha value is -0.200. The molecule has 3 fully saturated rings. The molecule has 0 bridgehead atoms. The first-order chi connectivity index (χ1) is 8.45. The van der Waals surface area contributed by atoms with E-state index in [0.29, 0.717) is 5.41 Å². The Bertz CT molecular complexity index is 409. The van der Waals surface area contributed by atoms with Gasteiger partial charge >= 0.3 is 0 Å². The first-order valence-electron chi connectivity index (χ1n) is 7.54. The predicted molar refractivity (Wildman–Crippen MR) is 78.8 cm³/mol. The maximum Gasteiger partial charge on any atom is 0.0685 e. The molecule has 3 saturated carbocycles. The molecular formula is C16H25NS. The van der Waals surface area contributed by atoms with Gasteiger partial charge in [-0.3, -0.25) is 0 Å². The van der Waals surface area contributed by atoms with Gasteiger partial charge in [-0.05, 0) is 86.8 Å². The molecular weight excluding hydrogens is 238 g/mol. The van der Waals surface area contributed by atoms with Crippen molar-refractivity contribution >= 4 is 17.4 Å². The van der Waals surface area contributed by atoms with E-state index in [9.17, 15) is 0 Å². The molecule has 0 amide bonds. The molecule has 1 spiro atoms. The van der Waals surface area contributed by atoms with Gasteiger partial charge in [-0.2, -0.15) is 0 Å². The molecule has 0 N–H and O–H groups in total. The predicted octanol–water partition coefficient (Wildman–Crippen LogP) is 4.58. The van der Waals surface area contributed by atoms with Gasteiger partial charge in [0.25, 0.3) is 0 Å². The Morgan fingerprint density at radius 2 is 1.89 bits per heavy atom. The number of nitrogens with zero attached hydrogens (tertiary/aromatic N) is 1. The second-order valence-electron chi connectivity index (χ2n) is 7.62.